The summed E-state index contributed by atoms with van der Waals surface area (Å²) in [6, 6.07) is 0. The van der Waals surface area contributed by atoms with Crippen molar-refractivity contribution in [1.29, 1.82) is 0 Å². The third-order valence-electron chi connectivity index (χ3n) is 22.6. The third-order valence-corrected chi connectivity index (χ3v) is 24.5. The van der Waals surface area contributed by atoms with Gasteiger partial charge in [-0.1, -0.05) is 460 Å². The molecule has 0 aliphatic carbocycles. The molecule has 0 amide bonds. The van der Waals surface area contributed by atoms with Crippen LogP contribution >= 0.6 is 15.6 Å². The standard InChI is InChI=1S/C113H194O16P2/c1-4-7-10-13-16-19-22-25-28-31-34-37-40-43-46-49-52-53-56-58-60-63-66-69-72-75-78-81-84-87-90-93-96-99-111(116)123-102-108(114)103-125-130(119,120)126-104-109(115)105-127-131(121,122)128-107-110(129-113(118)101-98-95-92-89-86-83-80-77-74-71-68-65-62-59-55-51-48-45-42-39-36-33-30-27-24-21-18-15-12-9-6-3)106-124-112(117)100-97-94-91-88-85-82-79-76-73-70-67-64-61-57-54-50-47-44-41-38-35-32-29-26-23-20-17-14-11-8-5-2/h8-9,11-12,16-21,25-30,34-39,43-48,54,57,108-110,114-115H,4-7,10,13-15,22-24,31-33,40-42,49-53,55-56,58-107H2,1-3H3,(H,119,120)(H,121,122)/b11-8-,12-9-,19-16-,20-17-,21-18-,28-25-,29-26-,30-27-,37-34-,38-35-,39-36-,46-43-,47-44-,48-45-,57-54-. The molecule has 0 fully saturated rings. The Morgan fingerprint density at radius 1 is 0.221 bits per heavy atom. The predicted octanol–water partition coefficient (Wildman–Crippen LogP) is 33.9. The predicted molar refractivity (Wildman–Crippen MR) is 555 cm³/mol. The van der Waals surface area contributed by atoms with Gasteiger partial charge in [-0.2, -0.15) is 0 Å². The minimum Gasteiger partial charge on any atom is -0.463 e. The lowest BCUT2D eigenvalue weighted by atomic mass is 10.0. The molecule has 0 saturated carbocycles. The number of aliphatic hydroxyl groups excluding tert-OH is 2. The van der Waals surface area contributed by atoms with E-state index < -0.39 is 91.5 Å². The van der Waals surface area contributed by atoms with Gasteiger partial charge in [-0.05, 0) is 161 Å². The molecule has 0 spiro atoms. The number of phosphoric acid groups is 2. The van der Waals surface area contributed by atoms with E-state index in [1.807, 2.05) is 0 Å². The molecule has 0 bridgehead atoms. The summed E-state index contributed by atoms with van der Waals surface area (Å²) in [7, 11) is -9.82. The van der Waals surface area contributed by atoms with Gasteiger partial charge in [-0.15, -0.1) is 0 Å². The quantitative estimate of drug-likeness (QED) is 0.0146. The maximum absolute atomic E-state index is 13.1. The van der Waals surface area contributed by atoms with Crippen LogP contribution in [0, 0.1) is 0 Å². The first-order valence-corrected chi connectivity index (χ1v) is 56.1. The lowest BCUT2D eigenvalue weighted by Crippen LogP contribution is -2.30. The van der Waals surface area contributed by atoms with Crippen LogP contribution in [0.1, 0.15) is 457 Å². The van der Waals surface area contributed by atoms with Crippen molar-refractivity contribution in [1.82, 2.24) is 0 Å². The summed E-state index contributed by atoms with van der Waals surface area (Å²) in [5.41, 5.74) is 0. The number of ether oxygens (including phenoxy) is 3. The molecule has 0 aromatic carbocycles. The second-order valence-electron chi connectivity index (χ2n) is 35.3. The topological polar surface area (TPSA) is 231 Å². The first-order valence-electron chi connectivity index (χ1n) is 53.1. The number of phosphoric ester groups is 2. The zero-order valence-corrected chi connectivity index (χ0v) is 85.2. The van der Waals surface area contributed by atoms with E-state index in [9.17, 15) is 43.5 Å². The average Bonchev–Trinajstić information content (AvgIpc) is 0.896. The number of unbranched alkanes of at least 4 members (excludes halogenated alkanes) is 47. The number of rotatable bonds is 100. The van der Waals surface area contributed by atoms with E-state index in [1.165, 1.54) is 225 Å². The average molecular weight is 1870 g/mol. The number of hydrogen-bond donors (Lipinski definition) is 4. The molecule has 18 heteroatoms. The van der Waals surface area contributed by atoms with Gasteiger partial charge in [0, 0.05) is 19.3 Å². The molecule has 4 N–H and O–H groups in total. The monoisotopic (exact) mass is 1870 g/mol. The molecule has 0 aliphatic rings. The van der Waals surface area contributed by atoms with E-state index in [-0.39, 0.29) is 19.3 Å². The number of allylic oxidation sites excluding steroid dienone is 30. The van der Waals surface area contributed by atoms with Gasteiger partial charge in [0.15, 0.2) is 6.10 Å². The molecule has 0 aromatic rings. The second kappa shape index (κ2) is 104. The smallest absolute Gasteiger partial charge is 0.463 e. The Labute approximate surface area is 802 Å². The summed E-state index contributed by atoms with van der Waals surface area (Å²) < 4.78 is 61.8. The number of hydrogen-bond acceptors (Lipinski definition) is 14. The normalized spacial score (nSPS) is 14.3. The summed E-state index contributed by atoms with van der Waals surface area (Å²) in [4.78, 5) is 59.3. The molecule has 0 aliphatic heterocycles. The van der Waals surface area contributed by atoms with Crippen LogP contribution in [0.25, 0.3) is 0 Å². The van der Waals surface area contributed by atoms with Crippen molar-refractivity contribution in [2.24, 2.45) is 0 Å². The fourth-order valence-corrected chi connectivity index (χ4v) is 16.2. The van der Waals surface area contributed by atoms with Crippen LogP contribution in [0.3, 0.4) is 0 Å². The molecule has 0 saturated heterocycles. The fourth-order valence-electron chi connectivity index (χ4n) is 14.7. The molecule has 16 nitrogen and oxygen atoms in total. The molecular weight excluding hydrogens is 1680 g/mol. The Kier molecular flexibility index (Phi) is 99.3. The Balaban J connectivity index is 4.62. The highest BCUT2D eigenvalue weighted by Gasteiger charge is 2.30. The van der Waals surface area contributed by atoms with Crippen molar-refractivity contribution >= 4 is 33.6 Å². The van der Waals surface area contributed by atoms with Gasteiger partial charge in [-0.3, -0.25) is 32.5 Å². The van der Waals surface area contributed by atoms with E-state index in [2.05, 4.69) is 203 Å². The third kappa shape index (κ3) is 105. The highest BCUT2D eigenvalue weighted by Crippen LogP contribution is 2.45. The summed E-state index contributed by atoms with van der Waals surface area (Å²) >= 11 is 0. The number of aliphatic hydroxyl groups is 2. The van der Waals surface area contributed by atoms with Gasteiger partial charge in [-0.25, -0.2) is 9.13 Å². The van der Waals surface area contributed by atoms with Crippen LogP contribution in [0.2, 0.25) is 0 Å². The molecule has 752 valence electrons. The van der Waals surface area contributed by atoms with Crippen LogP contribution in [-0.2, 0) is 55.8 Å². The van der Waals surface area contributed by atoms with E-state index >= 15 is 0 Å². The largest absolute Gasteiger partial charge is 0.472 e. The van der Waals surface area contributed by atoms with Gasteiger partial charge >= 0.3 is 33.6 Å². The van der Waals surface area contributed by atoms with Crippen LogP contribution in [0.15, 0.2) is 182 Å². The summed E-state index contributed by atoms with van der Waals surface area (Å²) in [5, 5.41) is 20.8. The first kappa shape index (κ1) is 126. The van der Waals surface area contributed by atoms with Crippen LogP contribution in [0.4, 0.5) is 0 Å². The van der Waals surface area contributed by atoms with Crippen LogP contribution in [-0.4, -0.2) is 95.9 Å². The van der Waals surface area contributed by atoms with Gasteiger partial charge < -0.3 is 34.2 Å². The van der Waals surface area contributed by atoms with Gasteiger partial charge in [0.2, 0.25) is 0 Å². The Bertz CT molecular complexity index is 3110. The zero-order valence-electron chi connectivity index (χ0n) is 83.5. The fraction of sp³-hybridized carbons (Fsp3) is 0.708. The lowest BCUT2D eigenvalue weighted by molar-refractivity contribution is -0.161. The van der Waals surface area contributed by atoms with Crippen LogP contribution in [0.5, 0.6) is 0 Å². The first-order chi connectivity index (χ1) is 64.2. The van der Waals surface area contributed by atoms with Crippen molar-refractivity contribution in [3.63, 3.8) is 0 Å². The highest BCUT2D eigenvalue weighted by molar-refractivity contribution is 7.47. The molecular formula is C113H194O16P2. The van der Waals surface area contributed by atoms with E-state index in [4.69, 9.17) is 32.3 Å². The molecule has 0 aromatic heterocycles. The molecule has 0 radical (unpaired) electrons. The number of esters is 3. The van der Waals surface area contributed by atoms with Gasteiger partial charge in [0.1, 0.15) is 25.4 Å². The van der Waals surface area contributed by atoms with Crippen molar-refractivity contribution in [2.45, 2.75) is 476 Å². The second-order valence-corrected chi connectivity index (χ2v) is 38.2. The Morgan fingerprint density at radius 2 is 0.405 bits per heavy atom. The highest BCUT2D eigenvalue weighted by atomic mass is 31.2. The van der Waals surface area contributed by atoms with E-state index in [0.29, 0.717) is 19.3 Å². The summed E-state index contributed by atoms with van der Waals surface area (Å²) in [6.45, 7) is 2.51. The van der Waals surface area contributed by atoms with Crippen molar-refractivity contribution in [2.75, 3.05) is 39.6 Å². The molecule has 131 heavy (non-hydrogen) atoms. The molecule has 5 unspecified atom stereocenters. The Hall–Kier alpha value is -5.35. The zero-order chi connectivity index (χ0) is 95.0. The molecule has 5 atom stereocenters. The van der Waals surface area contributed by atoms with Crippen molar-refractivity contribution < 1.29 is 75.8 Å². The minimum absolute atomic E-state index is 0.100. The van der Waals surface area contributed by atoms with Gasteiger partial charge in [0.05, 0.1) is 26.4 Å². The van der Waals surface area contributed by atoms with E-state index in [1.54, 1.807) is 0 Å². The molecule has 0 rings (SSSR count). The maximum atomic E-state index is 13.1. The van der Waals surface area contributed by atoms with E-state index in [0.717, 1.165) is 173 Å². The number of carbonyl (C=O) groups excluding carboxylic acids is 3. The lowest BCUT2D eigenvalue weighted by Gasteiger charge is -2.21. The van der Waals surface area contributed by atoms with Crippen molar-refractivity contribution in [3.05, 3.63) is 182 Å². The number of carbonyl (C=O) groups is 3. The SMILES string of the molecule is CC/C=C\C/C=C\C/C=C\C/C=C\C/C=C\C/C=C\CCCCCCCCCCCCCCC(=O)OCC(COP(=O)(O)OCC(O)COP(=O)(O)OCC(O)COC(=O)CCCCCCCCCCCCCCCCCCC/C=C\C/C=C\C/C=C\C/C=C\CCCCC)OC(=O)CCCCCCCCCCCCCCCCC/C=C\C/C=C\C/C=C\C/C=C\C/C=C\CC. The van der Waals surface area contributed by atoms with Crippen LogP contribution < -0.4 is 0 Å². The molecule has 0 heterocycles. The maximum Gasteiger partial charge on any atom is 0.472 e. The Morgan fingerprint density at radius 3 is 0.641 bits per heavy atom. The summed E-state index contributed by atoms with van der Waals surface area (Å²) in [6.07, 6.45) is 138. The van der Waals surface area contributed by atoms with Gasteiger partial charge in [0.25, 0.3) is 0 Å². The minimum atomic E-state index is -4.95. The van der Waals surface area contributed by atoms with Crippen molar-refractivity contribution in [3.8, 4) is 0 Å². The summed E-state index contributed by atoms with van der Waals surface area (Å²) in [5.74, 6) is -1.56.